The van der Waals surface area contributed by atoms with Crippen LogP contribution in [0.2, 0.25) is 0 Å². The van der Waals surface area contributed by atoms with Gasteiger partial charge in [0.15, 0.2) is 0 Å². The number of carbonyl (C=O) groups excluding carboxylic acids is 2. The topological polar surface area (TPSA) is 67.2 Å². The summed E-state index contributed by atoms with van der Waals surface area (Å²) < 4.78 is 1.97. The van der Waals surface area contributed by atoms with Crippen LogP contribution in [0, 0.1) is 6.92 Å². The van der Waals surface area contributed by atoms with Gasteiger partial charge in [0.25, 0.3) is 5.91 Å². The van der Waals surface area contributed by atoms with Gasteiger partial charge < -0.3 is 10.2 Å². The maximum absolute atomic E-state index is 13.2. The summed E-state index contributed by atoms with van der Waals surface area (Å²) in [6.45, 7) is 5.62. The number of fused-ring (bicyclic) bond motifs is 1. The Labute approximate surface area is 159 Å². The van der Waals surface area contributed by atoms with Gasteiger partial charge in [-0.05, 0) is 31.7 Å². The number of hydrogen-bond acceptors (Lipinski definition) is 3. The van der Waals surface area contributed by atoms with E-state index in [1.165, 1.54) is 12.5 Å². The summed E-state index contributed by atoms with van der Waals surface area (Å²) in [5.74, 6) is 0.0716. The highest BCUT2D eigenvalue weighted by Gasteiger charge is 2.38. The third-order valence-electron chi connectivity index (χ3n) is 5.71. The molecule has 6 heteroatoms. The zero-order chi connectivity index (χ0) is 19.0. The van der Waals surface area contributed by atoms with Crippen molar-refractivity contribution in [3.05, 3.63) is 52.8 Å². The number of aryl methyl sites for hydroxylation is 2. The number of benzene rings is 1. The Balaban J connectivity index is 1.58. The molecule has 2 aromatic rings. The van der Waals surface area contributed by atoms with E-state index in [2.05, 4.69) is 41.6 Å². The van der Waals surface area contributed by atoms with E-state index in [1.807, 2.05) is 9.58 Å². The molecule has 0 aliphatic carbocycles. The summed E-state index contributed by atoms with van der Waals surface area (Å²) in [5.41, 5.74) is 4.14. The van der Waals surface area contributed by atoms with Crippen LogP contribution in [-0.2, 0) is 17.8 Å². The third-order valence-corrected chi connectivity index (χ3v) is 5.71. The Kier molecular flexibility index (Phi) is 4.72. The first-order valence-electron chi connectivity index (χ1n) is 9.70. The largest absolute Gasteiger partial charge is 0.351 e. The molecule has 1 N–H and O–H groups in total. The van der Waals surface area contributed by atoms with Gasteiger partial charge in [-0.1, -0.05) is 29.8 Å². The summed E-state index contributed by atoms with van der Waals surface area (Å²) in [7, 11) is 0. The highest BCUT2D eigenvalue weighted by molar-refractivity contribution is 5.95. The summed E-state index contributed by atoms with van der Waals surface area (Å²) in [5, 5.41) is 7.45. The highest BCUT2D eigenvalue weighted by atomic mass is 16.2. The lowest BCUT2D eigenvalue weighted by molar-refractivity contribution is -0.119. The van der Waals surface area contributed by atoms with Crippen molar-refractivity contribution in [1.82, 2.24) is 20.0 Å². The summed E-state index contributed by atoms with van der Waals surface area (Å²) in [6, 6.07) is 8.30. The number of carbonyl (C=O) groups is 2. The van der Waals surface area contributed by atoms with Crippen molar-refractivity contribution < 1.29 is 9.59 Å². The smallest absolute Gasteiger partial charge is 0.257 e. The average molecular weight is 366 g/mol. The van der Waals surface area contributed by atoms with Gasteiger partial charge in [-0.2, -0.15) is 5.10 Å². The van der Waals surface area contributed by atoms with Gasteiger partial charge >= 0.3 is 0 Å². The zero-order valence-corrected chi connectivity index (χ0v) is 15.9. The predicted octanol–water partition coefficient (Wildman–Crippen LogP) is 2.27. The Bertz CT molecular complexity index is 856. The van der Waals surface area contributed by atoms with Crippen molar-refractivity contribution in [3.8, 4) is 0 Å². The number of amides is 2. The molecule has 27 heavy (non-hydrogen) atoms. The van der Waals surface area contributed by atoms with Gasteiger partial charge in [-0.3, -0.25) is 14.3 Å². The van der Waals surface area contributed by atoms with Crippen LogP contribution in [0.1, 0.15) is 52.9 Å². The molecule has 0 saturated carbocycles. The van der Waals surface area contributed by atoms with Crippen LogP contribution in [0.4, 0.5) is 0 Å². The molecule has 0 unspecified atom stereocenters. The maximum Gasteiger partial charge on any atom is 0.257 e. The Hall–Kier alpha value is -2.63. The molecular formula is C21H26N4O2. The molecule has 3 heterocycles. The summed E-state index contributed by atoms with van der Waals surface area (Å²) >= 11 is 0. The van der Waals surface area contributed by atoms with Crippen molar-refractivity contribution in [2.24, 2.45) is 0 Å². The van der Waals surface area contributed by atoms with Crippen molar-refractivity contribution in [1.29, 1.82) is 0 Å². The second-order valence-corrected chi connectivity index (χ2v) is 7.72. The molecule has 6 nitrogen and oxygen atoms in total. The van der Waals surface area contributed by atoms with Gasteiger partial charge in [-0.25, -0.2) is 0 Å². The first kappa shape index (κ1) is 17.8. The van der Waals surface area contributed by atoms with Gasteiger partial charge in [0.1, 0.15) is 0 Å². The average Bonchev–Trinajstić information content (AvgIpc) is 3.26. The van der Waals surface area contributed by atoms with Gasteiger partial charge in [0, 0.05) is 32.5 Å². The molecule has 2 atom stereocenters. The van der Waals surface area contributed by atoms with E-state index in [-0.39, 0.29) is 23.8 Å². The lowest BCUT2D eigenvalue weighted by atomic mass is 9.93. The number of likely N-dealkylation sites (tertiary alicyclic amines) is 1. The summed E-state index contributed by atoms with van der Waals surface area (Å²) in [6.07, 6.45) is 4.85. The number of nitrogens with zero attached hydrogens (tertiary/aromatic N) is 3. The monoisotopic (exact) mass is 366 g/mol. The third kappa shape index (κ3) is 3.48. The first-order valence-corrected chi connectivity index (χ1v) is 9.70. The fourth-order valence-electron chi connectivity index (χ4n) is 4.30. The van der Waals surface area contributed by atoms with Gasteiger partial charge in [0.05, 0.1) is 23.5 Å². The Morgan fingerprint density at radius 2 is 1.93 bits per heavy atom. The summed E-state index contributed by atoms with van der Waals surface area (Å²) in [4.78, 5) is 26.8. The van der Waals surface area contributed by atoms with Gasteiger partial charge in [0.2, 0.25) is 5.91 Å². The zero-order valence-electron chi connectivity index (χ0n) is 15.9. The Morgan fingerprint density at radius 3 is 2.67 bits per heavy atom. The second-order valence-electron chi connectivity index (χ2n) is 7.72. The lowest BCUT2D eigenvalue weighted by Crippen LogP contribution is -2.39. The van der Waals surface area contributed by atoms with Crippen LogP contribution in [0.25, 0.3) is 0 Å². The van der Waals surface area contributed by atoms with Crippen LogP contribution in [0.3, 0.4) is 0 Å². The number of rotatable bonds is 3. The molecule has 1 aromatic heterocycles. The van der Waals surface area contributed by atoms with E-state index in [1.54, 1.807) is 6.20 Å². The number of aromatic nitrogens is 2. The fourth-order valence-corrected chi connectivity index (χ4v) is 4.30. The molecule has 1 aromatic carbocycles. The van der Waals surface area contributed by atoms with Crippen LogP contribution in [0.5, 0.6) is 0 Å². The minimum atomic E-state index is -0.0689. The van der Waals surface area contributed by atoms with Crippen LogP contribution in [-0.4, -0.2) is 45.6 Å². The predicted molar refractivity (Wildman–Crippen MR) is 103 cm³/mol. The molecule has 1 saturated heterocycles. The lowest BCUT2D eigenvalue weighted by Gasteiger charge is -2.19. The minimum Gasteiger partial charge on any atom is -0.351 e. The van der Waals surface area contributed by atoms with Crippen LogP contribution in [0.15, 0.2) is 30.5 Å². The molecule has 2 aliphatic rings. The number of nitrogens with one attached hydrogen (secondary N) is 1. The van der Waals surface area contributed by atoms with Crippen LogP contribution >= 0.6 is 0 Å². The second kappa shape index (κ2) is 7.18. The molecule has 1 fully saturated rings. The van der Waals surface area contributed by atoms with Crippen molar-refractivity contribution in [2.75, 3.05) is 13.1 Å². The molecule has 0 bridgehead atoms. The normalized spacial score (nSPS) is 21.8. The number of hydrogen-bond donors (Lipinski definition) is 1. The van der Waals surface area contributed by atoms with E-state index in [0.29, 0.717) is 13.1 Å². The van der Waals surface area contributed by atoms with Crippen LogP contribution < -0.4 is 5.32 Å². The van der Waals surface area contributed by atoms with Gasteiger partial charge in [-0.15, -0.1) is 0 Å². The highest BCUT2D eigenvalue weighted by Crippen LogP contribution is 2.30. The van der Waals surface area contributed by atoms with E-state index < -0.39 is 0 Å². The maximum atomic E-state index is 13.2. The van der Waals surface area contributed by atoms with E-state index >= 15 is 0 Å². The standard InChI is InChI=1S/C21H26N4O2/c1-14-6-8-16(9-7-14)18-12-24(13-19(18)23-15(2)26)21(27)17-11-22-25-10-4-3-5-20(17)25/h6-9,11,18-19H,3-5,10,12-13H2,1-2H3,(H,23,26)/t18-,19+/m0/s1. The molecule has 0 radical (unpaired) electrons. The molecular weight excluding hydrogens is 340 g/mol. The van der Waals surface area contributed by atoms with Crippen molar-refractivity contribution in [3.63, 3.8) is 0 Å². The van der Waals surface area contributed by atoms with Crippen molar-refractivity contribution >= 4 is 11.8 Å². The SMILES string of the molecule is CC(=O)N[C@@H]1CN(C(=O)c2cnn3c2CCCC3)C[C@H]1c1ccc(C)cc1. The molecule has 2 aliphatic heterocycles. The van der Waals surface area contributed by atoms with E-state index in [0.717, 1.165) is 42.6 Å². The first-order chi connectivity index (χ1) is 13.0. The minimum absolute atomic E-state index is 0.0307. The fraction of sp³-hybridized carbons (Fsp3) is 0.476. The molecule has 0 spiro atoms. The Morgan fingerprint density at radius 1 is 1.15 bits per heavy atom. The molecule has 2 amide bonds. The quantitative estimate of drug-likeness (QED) is 0.906. The van der Waals surface area contributed by atoms with Crippen molar-refractivity contribution in [2.45, 2.75) is 51.6 Å². The molecule has 4 rings (SSSR count). The molecule has 142 valence electrons. The van der Waals surface area contributed by atoms with E-state index in [9.17, 15) is 9.59 Å². The van der Waals surface area contributed by atoms with E-state index in [4.69, 9.17) is 0 Å².